The number of amides is 2. The number of carbonyl (C=O) groups excluding carboxylic acids is 2. The minimum Gasteiger partial charge on any atom is -0.395 e. The second kappa shape index (κ2) is 8.30. The van der Waals surface area contributed by atoms with E-state index in [1.165, 1.54) is 17.0 Å². The molecular formula is C22H21ClFN3O4. The van der Waals surface area contributed by atoms with E-state index in [4.69, 9.17) is 16.7 Å². The summed E-state index contributed by atoms with van der Waals surface area (Å²) in [6, 6.07) is 11.1. The first kappa shape index (κ1) is 21.3. The Bertz CT molecular complexity index is 1140. The fourth-order valence-corrected chi connectivity index (χ4v) is 4.11. The number of aliphatic hydroxyl groups excluding tert-OH is 1. The van der Waals surface area contributed by atoms with E-state index in [1.54, 1.807) is 12.1 Å². The van der Waals surface area contributed by atoms with E-state index in [-0.39, 0.29) is 31.1 Å². The summed E-state index contributed by atoms with van der Waals surface area (Å²) >= 11 is 5.81. The highest BCUT2D eigenvalue weighted by molar-refractivity contribution is 6.30. The fraction of sp³-hybridized carbons (Fsp3) is 0.273. The Kier molecular flexibility index (Phi) is 5.70. The first-order chi connectivity index (χ1) is 14.8. The number of fused-ring (bicyclic) bond motifs is 1. The fourth-order valence-electron chi connectivity index (χ4n) is 3.86. The Morgan fingerprint density at radius 1 is 1.23 bits per heavy atom. The van der Waals surface area contributed by atoms with E-state index in [0.717, 1.165) is 17.0 Å². The molecule has 1 saturated heterocycles. The summed E-state index contributed by atoms with van der Waals surface area (Å²) in [5.41, 5.74) is -0.303. The lowest BCUT2D eigenvalue weighted by Gasteiger charge is -2.22. The SMILES string of the molecule is O=C(NCc1cc(F)cc(Cl)c1)C1(O)CCN(c2ccc3c(ccn3CCO)c2)C1=O. The van der Waals surface area contributed by atoms with Crippen LogP contribution in [0.1, 0.15) is 12.0 Å². The molecule has 1 aromatic heterocycles. The van der Waals surface area contributed by atoms with Gasteiger partial charge in [-0.1, -0.05) is 11.6 Å². The second-order valence-electron chi connectivity index (χ2n) is 7.50. The number of halogens is 2. The van der Waals surface area contributed by atoms with Gasteiger partial charge in [-0.3, -0.25) is 9.59 Å². The van der Waals surface area contributed by atoms with Gasteiger partial charge in [0.1, 0.15) is 5.82 Å². The number of aliphatic hydroxyl groups is 2. The summed E-state index contributed by atoms with van der Waals surface area (Å²) in [4.78, 5) is 26.9. The standard InChI is InChI=1S/C22H21ClFN3O4/c23-16-9-14(10-17(24)12-16)13-25-20(29)22(31)4-6-27(21(22)30)18-1-2-19-15(11-18)3-5-26(19)7-8-28/h1-3,5,9-12,28,31H,4,6-8,13H2,(H,25,29). The third kappa shape index (κ3) is 4.01. The highest BCUT2D eigenvalue weighted by atomic mass is 35.5. The molecule has 31 heavy (non-hydrogen) atoms. The largest absolute Gasteiger partial charge is 0.395 e. The van der Waals surface area contributed by atoms with Gasteiger partial charge >= 0.3 is 0 Å². The van der Waals surface area contributed by atoms with Gasteiger partial charge in [-0.05, 0) is 48.0 Å². The second-order valence-corrected chi connectivity index (χ2v) is 7.94. The summed E-state index contributed by atoms with van der Waals surface area (Å²) in [7, 11) is 0. The average molecular weight is 446 g/mol. The Labute approximate surface area is 182 Å². The number of carbonyl (C=O) groups is 2. The number of anilines is 1. The molecule has 2 heterocycles. The van der Waals surface area contributed by atoms with Crippen LogP contribution in [0.15, 0.2) is 48.7 Å². The van der Waals surface area contributed by atoms with Crippen LogP contribution in [0.4, 0.5) is 10.1 Å². The minimum atomic E-state index is -2.20. The van der Waals surface area contributed by atoms with E-state index in [2.05, 4.69) is 5.32 Å². The van der Waals surface area contributed by atoms with Gasteiger partial charge in [-0.2, -0.15) is 0 Å². The molecule has 9 heteroatoms. The summed E-state index contributed by atoms with van der Waals surface area (Å²) < 4.78 is 15.4. The van der Waals surface area contributed by atoms with Crippen LogP contribution in [0.3, 0.4) is 0 Å². The zero-order valence-corrected chi connectivity index (χ0v) is 17.3. The molecule has 0 radical (unpaired) electrons. The van der Waals surface area contributed by atoms with Crippen LogP contribution in [0.5, 0.6) is 0 Å². The first-order valence-electron chi connectivity index (χ1n) is 9.79. The zero-order chi connectivity index (χ0) is 22.2. The number of rotatable bonds is 6. The summed E-state index contributed by atoms with van der Waals surface area (Å²) in [5.74, 6) is -2.09. The average Bonchev–Trinajstić information content (AvgIpc) is 3.27. The third-order valence-electron chi connectivity index (χ3n) is 5.45. The molecule has 3 N–H and O–H groups in total. The quantitative estimate of drug-likeness (QED) is 0.507. The summed E-state index contributed by atoms with van der Waals surface area (Å²) in [5, 5.41) is 23.5. The Morgan fingerprint density at radius 2 is 2.03 bits per heavy atom. The predicted molar refractivity (Wildman–Crippen MR) is 114 cm³/mol. The Hall–Kier alpha value is -2.94. The molecule has 2 aromatic carbocycles. The van der Waals surface area contributed by atoms with Crippen molar-refractivity contribution in [3.8, 4) is 0 Å². The highest BCUT2D eigenvalue weighted by Gasteiger charge is 2.51. The van der Waals surface area contributed by atoms with Crippen molar-refractivity contribution >= 4 is 40.0 Å². The molecule has 0 bridgehead atoms. The van der Waals surface area contributed by atoms with E-state index in [1.807, 2.05) is 22.9 Å². The zero-order valence-electron chi connectivity index (χ0n) is 16.5. The molecule has 4 rings (SSSR count). The molecule has 162 valence electrons. The molecule has 1 fully saturated rings. The van der Waals surface area contributed by atoms with Crippen molar-refractivity contribution < 1.29 is 24.2 Å². The van der Waals surface area contributed by atoms with Crippen LogP contribution in [0.2, 0.25) is 5.02 Å². The van der Waals surface area contributed by atoms with Crippen LogP contribution < -0.4 is 10.2 Å². The van der Waals surface area contributed by atoms with Crippen LogP contribution in [0.25, 0.3) is 10.9 Å². The van der Waals surface area contributed by atoms with Gasteiger partial charge in [0.05, 0.1) is 6.61 Å². The molecule has 2 amide bonds. The van der Waals surface area contributed by atoms with E-state index < -0.39 is 23.2 Å². The highest BCUT2D eigenvalue weighted by Crippen LogP contribution is 2.31. The lowest BCUT2D eigenvalue weighted by atomic mass is 10.0. The number of aromatic nitrogens is 1. The normalized spacial score (nSPS) is 18.7. The van der Waals surface area contributed by atoms with E-state index in [0.29, 0.717) is 17.8 Å². The third-order valence-corrected chi connectivity index (χ3v) is 5.67. The molecule has 1 atom stereocenters. The number of nitrogens with one attached hydrogen (secondary N) is 1. The van der Waals surface area contributed by atoms with Crippen molar-refractivity contribution in [3.05, 3.63) is 65.1 Å². The van der Waals surface area contributed by atoms with E-state index >= 15 is 0 Å². The number of nitrogens with zero attached hydrogens (tertiary/aromatic N) is 2. The molecule has 0 saturated carbocycles. The van der Waals surface area contributed by atoms with Crippen LogP contribution in [-0.2, 0) is 22.7 Å². The molecule has 3 aromatic rings. The van der Waals surface area contributed by atoms with Gasteiger partial charge in [0.15, 0.2) is 0 Å². The maximum atomic E-state index is 13.5. The van der Waals surface area contributed by atoms with E-state index in [9.17, 15) is 19.1 Å². The topological polar surface area (TPSA) is 94.8 Å². The molecule has 1 aliphatic heterocycles. The number of hydrogen-bond acceptors (Lipinski definition) is 4. The molecule has 1 aliphatic rings. The Balaban J connectivity index is 1.49. The van der Waals surface area contributed by atoms with Gasteiger partial charge in [0.25, 0.3) is 11.8 Å². The molecule has 0 spiro atoms. The number of benzene rings is 2. The minimum absolute atomic E-state index is 0.0140. The van der Waals surface area contributed by atoms with Gasteiger partial charge < -0.3 is 25.0 Å². The van der Waals surface area contributed by atoms with Gasteiger partial charge in [-0.15, -0.1) is 0 Å². The van der Waals surface area contributed by atoms with Crippen LogP contribution >= 0.6 is 11.6 Å². The Morgan fingerprint density at radius 3 is 2.77 bits per heavy atom. The lowest BCUT2D eigenvalue weighted by Crippen LogP contribution is -2.52. The van der Waals surface area contributed by atoms with Crippen LogP contribution in [0, 0.1) is 5.82 Å². The van der Waals surface area contributed by atoms with Crippen molar-refractivity contribution in [1.82, 2.24) is 9.88 Å². The molecule has 0 aliphatic carbocycles. The van der Waals surface area contributed by atoms with Crippen LogP contribution in [-0.4, -0.2) is 45.3 Å². The van der Waals surface area contributed by atoms with Gasteiger partial charge in [-0.25, -0.2) is 4.39 Å². The van der Waals surface area contributed by atoms with Crippen molar-refractivity contribution in [2.75, 3.05) is 18.1 Å². The molecule has 7 nitrogen and oxygen atoms in total. The summed E-state index contributed by atoms with van der Waals surface area (Å²) in [6.07, 6.45) is 1.78. The monoisotopic (exact) mass is 445 g/mol. The lowest BCUT2D eigenvalue weighted by molar-refractivity contribution is -0.149. The first-order valence-corrected chi connectivity index (χ1v) is 10.2. The molecule has 1 unspecified atom stereocenters. The van der Waals surface area contributed by atoms with Gasteiger partial charge in [0, 0.05) is 53.9 Å². The molecular weight excluding hydrogens is 425 g/mol. The van der Waals surface area contributed by atoms with Crippen molar-refractivity contribution in [2.24, 2.45) is 0 Å². The van der Waals surface area contributed by atoms with Crippen molar-refractivity contribution in [3.63, 3.8) is 0 Å². The van der Waals surface area contributed by atoms with Crippen molar-refractivity contribution in [2.45, 2.75) is 25.1 Å². The maximum absolute atomic E-state index is 13.5. The summed E-state index contributed by atoms with van der Waals surface area (Å²) in [6.45, 7) is 0.579. The predicted octanol–water partition coefficient (Wildman–Crippen LogP) is 2.21. The smallest absolute Gasteiger partial charge is 0.268 e. The number of hydrogen-bond donors (Lipinski definition) is 3. The van der Waals surface area contributed by atoms with Crippen molar-refractivity contribution in [1.29, 1.82) is 0 Å². The van der Waals surface area contributed by atoms with Gasteiger partial charge in [0.2, 0.25) is 5.60 Å². The maximum Gasteiger partial charge on any atom is 0.268 e.